The molecule has 2 rings (SSSR count). The molecule has 1 aliphatic rings. The van der Waals surface area contributed by atoms with Gasteiger partial charge in [-0.25, -0.2) is 0 Å². The van der Waals surface area contributed by atoms with Gasteiger partial charge in [-0.3, -0.25) is 14.4 Å². The highest BCUT2D eigenvalue weighted by atomic mass is 16.4. The number of nitrogens with one attached hydrogen (secondary N) is 1. The molecule has 2 amide bonds. The minimum Gasteiger partial charge on any atom is -0.481 e. The Labute approximate surface area is 135 Å². The third kappa shape index (κ3) is 4.09. The van der Waals surface area contributed by atoms with E-state index in [0.29, 0.717) is 24.0 Å². The van der Waals surface area contributed by atoms with Gasteiger partial charge in [-0.2, -0.15) is 0 Å². The minimum atomic E-state index is -0.913. The molecule has 0 aromatic heterocycles. The maximum absolute atomic E-state index is 12.5. The highest BCUT2D eigenvalue weighted by Crippen LogP contribution is 2.33. The lowest BCUT2D eigenvalue weighted by atomic mass is 9.92. The van der Waals surface area contributed by atoms with Gasteiger partial charge in [0.2, 0.25) is 0 Å². The van der Waals surface area contributed by atoms with E-state index in [1.807, 2.05) is 0 Å². The van der Waals surface area contributed by atoms with Crippen molar-refractivity contribution in [2.24, 2.45) is 0 Å². The number of carbonyl (C=O) groups excluding carboxylic acids is 2. The molecule has 1 aromatic carbocycles. The summed E-state index contributed by atoms with van der Waals surface area (Å²) < 4.78 is 0. The van der Waals surface area contributed by atoms with Crippen LogP contribution < -0.4 is 5.32 Å². The summed E-state index contributed by atoms with van der Waals surface area (Å²) in [5.74, 6) is -1.42. The molecule has 124 valence electrons. The fraction of sp³-hybridized carbons (Fsp3) is 0.471. The maximum atomic E-state index is 12.5. The summed E-state index contributed by atoms with van der Waals surface area (Å²) in [5, 5.41) is 12.0. The second kappa shape index (κ2) is 6.81. The van der Waals surface area contributed by atoms with Crippen molar-refractivity contribution in [3.8, 4) is 0 Å². The maximum Gasteiger partial charge on any atom is 0.305 e. The van der Waals surface area contributed by atoms with E-state index in [0.717, 1.165) is 12.8 Å². The number of carboxylic acids is 1. The van der Waals surface area contributed by atoms with Crippen LogP contribution in [-0.4, -0.2) is 47.4 Å². The van der Waals surface area contributed by atoms with Gasteiger partial charge in [0.05, 0.1) is 12.0 Å². The number of hydrogen-bond acceptors (Lipinski definition) is 3. The lowest BCUT2D eigenvalue weighted by Gasteiger charge is -2.28. The average Bonchev–Trinajstić information content (AvgIpc) is 2.93. The number of aliphatic carboxylic acids is 1. The highest BCUT2D eigenvalue weighted by molar-refractivity contribution is 5.99. The Morgan fingerprint density at radius 1 is 1.17 bits per heavy atom. The lowest BCUT2D eigenvalue weighted by Crippen LogP contribution is -2.47. The van der Waals surface area contributed by atoms with Crippen molar-refractivity contribution in [2.75, 3.05) is 14.1 Å². The quantitative estimate of drug-likeness (QED) is 0.868. The van der Waals surface area contributed by atoms with Gasteiger partial charge in [-0.05, 0) is 31.0 Å². The molecule has 1 fully saturated rings. The number of nitrogens with zero attached hydrogens (tertiary/aromatic N) is 1. The minimum absolute atomic E-state index is 0.0743. The molecule has 0 aliphatic heterocycles. The number of amides is 2. The third-order valence-corrected chi connectivity index (χ3v) is 4.21. The fourth-order valence-corrected chi connectivity index (χ4v) is 3.05. The summed E-state index contributed by atoms with van der Waals surface area (Å²) >= 11 is 0. The summed E-state index contributed by atoms with van der Waals surface area (Å²) in [6, 6.07) is 6.48. The Hall–Kier alpha value is -2.37. The molecule has 0 spiro atoms. The van der Waals surface area contributed by atoms with Gasteiger partial charge in [0.15, 0.2) is 0 Å². The number of carbonyl (C=O) groups is 3. The first-order valence-corrected chi connectivity index (χ1v) is 7.69. The van der Waals surface area contributed by atoms with Crippen LogP contribution in [0.5, 0.6) is 0 Å². The van der Waals surface area contributed by atoms with E-state index >= 15 is 0 Å². The number of rotatable bonds is 5. The predicted octanol–water partition coefficient (Wildman–Crippen LogP) is 1.91. The van der Waals surface area contributed by atoms with Crippen LogP contribution in [0.4, 0.5) is 0 Å². The first kappa shape index (κ1) is 17.0. The van der Waals surface area contributed by atoms with Crippen LogP contribution >= 0.6 is 0 Å². The van der Waals surface area contributed by atoms with Crippen molar-refractivity contribution in [2.45, 2.75) is 37.6 Å². The molecule has 23 heavy (non-hydrogen) atoms. The molecule has 1 saturated carbocycles. The Balaban J connectivity index is 2.18. The molecule has 6 heteroatoms. The van der Waals surface area contributed by atoms with Crippen molar-refractivity contribution in [1.29, 1.82) is 0 Å². The summed E-state index contributed by atoms with van der Waals surface area (Å²) in [5.41, 5.74) is 0.125. The van der Waals surface area contributed by atoms with Gasteiger partial charge in [0.25, 0.3) is 11.8 Å². The number of hydrogen-bond donors (Lipinski definition) is 2. The predicted molar refractivity (Wildman–Crippen MR) is 85.4 cm³/mol. The summed E-state index contributed by atoms with van der Waals surface area (Å²) in [6.07, 6.45) is 3.08. The first-order chi connectivity index (χ1) is 10.8. The molecule has 2 N–H and O–H groups in total. The van der Waals surface area contributed by atoms with Gasteiger partial charge in [-0.15, -0.1) is 0 Å². The second-order valence-electron chi connectivity index (χ2n) is 6.29. The van der Waals surface area contributed by atoms with Crippen LogP contribution in [0.15, 0.2) is 24.3 Å². The van der Waals surface area contributed by atoms with Crippen LogP contribution in [0.1, 0.15) is 52.8 Å². The van der Waals surface area contributed by atoms with Crippen LogP contribution in [-0.2, 0) is 4.79 Å². The van der Waals surface area contributed by atoms with Crippen molar-refractivity contribution >= 4 is 17.8 Å². The Bertz CT molecular complexity index is 619. The summed E-state index contributed by atoms with van der Waals surface area (Å²) in [6.45, 7) is 0. The molecule has 1 aromatic rings. The van der Waals surface area contributed by atoms with E-state index in [-0.39, 0.29) is 18.2 Å². The van der Waals surface area contributed by atoms with Gasteiger partial charge in [0, 0.05) is 25.2 Å². The smallest absolute Gasteiger partial charge is 0.305 e. The number of benzene rings is 1. The Morgan fingerprint density at radius 2 is 1.78 bits per heavy atom. The van der Waals surface area contributed by atoms with Crippen LogP contribution in [0.2, 0.25) is 0 Å². The van der Waals surface area contributed by atoms with Crippen LogP contribution in [0.25, 0.3) is 0 Å². The van der Waals surface area contributed by atoms with E-state index in [9.17, 15) is 14.4 Å². The molecule has 0 saturated heterocycles. The van der Waals surface area contributed by atoms with E-state index in [2.05, 4.69) is 5.32 Å². The third-order valence-electron chi connectivity index (χ3n) is 4.21. The average molecular weight is 318 g/mol. The standard InChI is InChI=1S/C17H22N2O4/c1-19(2)16(23)13-7-5-6-12(10-13)15(22)18-17(11-14(20)21)8-3-4-9-17/h5-7,10H,3-4,8-9,11H2,1-2H3,(H,18,22)(H,20,21). The molecule has 1 aliphatic carbocycles. The zero-order valence-electron chi connectivity index (χ0n) is 13.5. The van der Waals surface area contributed by atoms with Crippen LogP contribution in [0, 0.1) is 0 Å². The molecule has 6 nitrogen and oxygen atoms in total. The van der Waals surface area contributed by atoms with Gasteiger partial charge in [0.1, 0.15) is 0 Å². The Kier molecular flexibility index (Phi) is 5.03. The fourth-order valence-electron chi connectivity index (χ4n) is 3.05. The normalized spacial score (nSPS) is 15.9. The van der Waals surface area contributed by atoms with Crippen molar-refractivity contribution < 1.29 is 19.5 Å². The molecular formula is C17H22N2O4. The van der Waals surface area contributed by atoms with E-state index in [1.54, 1.807) is 38.4 Å². The van der Waals surface area contributed by atoms with E-state index in [1.165, 1.54) is 4.90 Å². The van der Waals surface area contributed by atoms with E-state index < -0.39 is 11.5 Å². The van der Waals surface area contributed by atoms with Crippen LogP contribution in [0.3, 0.4) is 0 Å². The van der Waals surface area contributed by atoms with Gasteiger partial charge in [-0.1, -0.05) is 18.9 Å². The van der Waals surface area contributed by atoms with E-state index in [4.69, 9.17) is 5.11 Å². The van der Waals surface area contributed by atoms with Crippen molar-refractivity contribution in [1.82, 2.24) is 10.2 Å². The molecule has 0 bridgehead atoms. The largest absolute Gasteiger partial charge is 0.481 e. The molecule has 0 heterocycles. The molecule has 0 atom stereocenters. The first-order valence-electron chi connectivity index (χ1n) is 7.69. The SMILES string of the molecule is CN(C)C(=O)c1cccc(C(=O)NC2(CC(=O)O)CCCC2)c1. The van der Waals surface area contributed by atoms with Gasteiger partial charge < -0.3 is 15.3 Å². The summed E-state index contributed by atoms with van der Waals surface area (Å²) in [4.78, 5) is 37.0. The van der Waals surface area contributed by atoms with Crippen molar-refractivity contribution in [3.05, 3.63) is 35.4 Å². The molecule has 0 unspecified atom stereocenters. The lowest BCUT2D eigenvalue weighted by molar-refractivity contribution is -0.138. The number of carboxylic acid groups (broad SMARTS) is 1. The topological polar surface area (TPSA) is 86.7 Å². The van der Waals surface area contributed by atoms with Crippen molar-refractivity contribution in [3.63, 3.8) is 0 Å². The second-order valence-corrected chi connectivity index (χ2v) is 6.29. The zero-order valence-corrected chi connectivity index (χ0v) is 13.5. The Morgan fingerprint density at radius 3 is 2.35 bits per heavy atom. The molecular weight excluding hydrogens is 296 g/mol. The highest BCUT2D eigenvalue weighted by Gasteiger charge is 2.37. The summed E-state index contributed by atoms with van der Waals surface area (Å²) in [7, 11) is 3.30. The zero-order chi connectivity index (χ0) is 17.0. The van der Waals surface area contributed by atoms with Gasteiger partial charge >= 0.3 is 5.97 Å². The monoisotopic (exact) mass is 318 g/mol. The molecule has 0 radical (unpaired) electrons.